The molecule has 0 unspecified atom stereocenters. The van der Waals surface area contributed by atoms with E-state index in [1.165, 1.54) is 16.7 Å². The van der Waals surface area contributed by atoms with Crippen LogP contribution in [-0.4, -0.2) is 11.1 Å². The number of benzene rings is 1. The second kappa shape index (κ2) is 3.12. The number of hydrogen-bond donors (Lipinski definition) is 1. The van der Waals surface area contributed by atoms with Crippen molar-refractivity contribution >= 4 is 5.97 Å². The molecule has 0 saturated heterocycles. The van der Waals surface area contributed by atoms with Crippen LogP contribution in [0.15, 0.2) is 18.2 Å². The highest BCUT2D eigenvalue weighted by Crippen LogP contribution is 2.74. The maximum atomic E-state index is 11.0. The topological polar surface area (TPSA) is 37.3 Å². The van der Waals surface area contributed by atoms with E-state index in [9.17, 15) is 4.79 Å². The fraction of sp³-hybridized carbons (Fsp3) is 0.533. The molecule has 0 aliphatic heterocycles. The van der Waals surface area contributed by atoms with Gasteiger partial charge in [0.2, 0.25) is 0 Å². The lowest BCUT2D eigenvalue weighted by atomic mass is 9.34. The van der Waals surface area contributed by atoms with Crippen molar-refractivity contribution in [3.63, 3.8) is 0 Å². The Balaban J connectivity index is 1.73. The molecule has 0 spiro atoms. The van der Waals surface area contributed by atoms with E-state index in [4.69, 9.17) is 5.11 Å². The first-order valence-electron chi connectivity index (χ1n) is 6.24. The molecule has 3 fully saturated rings. The van der Waals surface area contributed by atoms with Crippen LogP contribution in [0.3, 0.4) is 0 Å². The van der Waals surface area contributed by atoms with Gasteiger partial charge in [0.15, 0.2) is 0 Å². The number of aryl methyl sites for hydroxylation is 2. The van der Waals surface area contributed by atoms with Gasteiger partial charge in [0.25, 0.3) is 0 Å². The molecule has 0 amide bonds. The van der Waals surface area contributed by atoms with Crippen LogP contribution < -0.4 is 0 Å². The van der Waals surface area contributed by atoms with Gasteiger partial charge in [-0.25, -0.2) is 0 Å². The van der Waals surface area contributed by atoms with Crippen LogP contribution in [0.25, 0.3) is 0 Å². The summed E-state index contributed by atoms with van der Waals surface area (Å²) in [7, 11) is 0. The molecule has 1 aromatic carbocycles. The van der Waals surface area contributed by atoms with Gasteiger partial charge < -0.3 is 5.11 Å². The third-order valence-corrected chi connectivity index (χ3v) is 4.45. The lowest BCUT2D eigenvalue weighted by Crippen LogP contribution is -2.66. The second-order valence-electron chi connectivity index (χ2n) is 6.29. The van der Waals surface area contributed by atoms with Crippen LogP contribution in [0.2, 0.25) is 0 Å². The van der Waals surface area contributed by atoms with E-state index in [1.54, 1.807) is 0 Å². The Kier molecular flexibility index (Phi) is 1.99. The molecule has 1 N–H and O–H groups in total. The first-order chi connectivity index (χ1) is 7.93. The summed E-state index contributed by atoms with van der Waals surface area (Å²) in [6, 6.07) is 6.66. The van der Waals surface area contributed by atoms with Crippen molar-refractivity contribution in [1.29, 1.82) is 0 Å². The van der Waals surface area contributed by atoms with E-state index >= 15 is 0 Å². The first-order valence-corrected chi connectivity index (χ1v) is 6.24. The lowest BCUT2D eigenvalue weighted by Gasteiger charge is -2.68. The average Bonchev–Trinajstić information content (AvgIpc) is 2.06. The van der Waals surface area contributed by atoms with Gasteiger partial charge in [-0.2, -0.15) is 0 Å². The molecule has 1 aromatic rings. The van der Waals surface area contributed by atoms with Crippen LogP contribution in [0, 0.1) is 24.7 Å². The molecule has 2 nitrogen and oxygen atoms in total. The highest BCUT2D eigenvalue weighted by Gasteiger charge is 2.71. The molecule has 3 saturated carbocycles. The molecule has 0 atom stereocenters. The van der Waals surface area contributed by atoms with E-state index in [2.05, 4.69) is 32.0 Å². The average molecular weight is 230 g/mol. The Labute approximate surface area is 102 Å². The van der Waals surface area contributed by atoms with Crippen molar-refractivity contribution in [2.75, 3.05) is 0 Å². The molecule has 0 radical (unpaired) electrons. The van der Waals surface area contributed by atoms with Gasteiger partial charge in [0, 0.05) is 0 Å². The van der Waals surface area contributed by atoms with Crippen LogP contribution in [0.5, 0.6) is 0 Å². The summed E-state index contributed by atoms with van der Waals surface area (Å²) in [6.07, 6.45) is 3.73. The third kappa shape index (κ3) is 1.50. The van der Waals surface area contributed by atoms with Crippen molar-refractivity contribution in [2.45, 2.75) is 39.5 Å². The summed E-state index contributed by atoms with van der Waals surface area (Å²) >= 11 is 0. The van der Waals surface area contributed by atoms with E-state index in [-0.39, 0.29) is 5.41 Å². The normalized spacial score (nSPS) is 33.8. The van der Waals surface area contributed by atoms with Gasteiger partial charge in [-0.1, -0.05) is 29.3 Å². The van der Waals surface area contributed by atoms with Crippen LogP contribution in [0.1, 0.15) is 36.0 Å². The molecule has 17 heavy (non-hydrogen) atoms. The quantitative estimate of drug-likeness (QED) is 0.866. The molecule has 0 aromatic heterocycles. The van der Waals surface area contributed by atoms with Crippen molar-refractivity contribution in [2.24, 2.45) is 10.8 Å². The summed E-state index contributed by atoms with van der Waals surface area (Å²) in [6.45, 7) is 4.24. The number of hydrogen-bond acceptors (Lipinski definition) is 1. The Hall–Kier alpha value is -1.31. The maximum Gasteiger partial charge on any atom is 0.309 e. The third-order valence-electron chi connectivity index (χ3n) is 4.45. The molecule has 3 aliphatic rings. The minimum absolute atomic E-state index is 0.318. The smallest absolute Gasteiger partial charge is 0.309 e. The van der Waals surface area contributed by atoms with Crippen molar-refractivity contribution < 1.29 is 9.90 Å². The highest BCUT2D eigenvalue weighted by atomic mass is 16.4. The predicted octanol–water partition coefficient (Wildman–Crippen LogP) is 3.10. The van der Waals surface area contributed by atoms with Gasteiger partial charge in [-0.3, -0.25) is 4.79 Å². The molecular formula is C15H18O2. The Morgan fingerprint density at radius 3 is 2.18 bits per heavy atom. The van der Waals surface area contributed by atoms with Gasteiger partial charge in [-0.15, -0.1) is 0 Å². The summed E-state index contributed by atoms with van der Waals surface area (Å²) < 4.78 is 0. The SMILES string of the molecule is Cc1cc(C)cc(CC23CC(C(=O)O)(C2)C3)c1. The summed E-state index contributed by atoms with van der Waals surface area (Å²) in [4.78, 5) is 11.0. The van der Waals surface area contributed by atoms with E-state index in [0.29, 0.717) is 5.41 Å². The number of carboxylic acids is 1. The zero-order chi connectivity index (χ0) is 12.3. The summed E-state index contributed by atoms with van der Waals surface area (Å²) in [5.74, 6) is -0.584. The highest BCUT2D eigenvalue weighted by molar-refractivity contribution is 5.79. The Bertz CT molecular complexity index is 462. The molecule has 0 heterocycles. The number of rotatable bonds is 3. The monoisotopic (exact) mass is 230 g/mol. The molecule has 2 heteroatoms. The van der Waals surface area contributed by atoms with Crippen LogP contribution in [0.4, 0.5) is 0 Å². The number of aliphatic carboxylic acids is 1. The minimum atomic E-state index is -0.584. The zero-order valence-electron chi connectivity index (χ0n) is 10.4. The Morgan fingerprint density at radius 1 is 1.18 bits per heavy atom. The van der Waals surface area contributed by atoms with Crippen LogP contribution >= 0.6 is 0 Å². The first kappa shape index (κ1) is 10.8. The van der Waals surface area contributed by atoms with Gasteiger partial charge in [-0.05, 0) is 50.5 Å². The van der Waals surface area contributed by atoms with E-state index < -0.39 is 5.97 Å². The van der Waals surface area contributed by atoms with E-state index in [0.717, 1.165) is 25.7 Å². The standard InChI is InChI=1S/C15H18O2/c1-10-3-11(2)5-12(4-10)6-14-7-15(8-14,9-14)13(16)17/h3-5H,6-9H2,1-2H3,(H,16,17). The zero-order valence-corrected chi connectivity index (χ0v) is 10.4. The fourth-order valence-corrected chi connectivity index (χ4v) is 4.02. The molecule has 3 aliphatic carbocycles. The largest absolute Gasteiger partial charge is 0.481 e. The van der Waals surface area contributed by atoms with Gasteiger partial charge in [0.05, 0.1) is 5.41 Å². The molecule has 4 rings (SSSR count). The summed E-state index contributed by atoms with van der Waals surface area (Å²) in [5, 5.41) is 9.10. The predicted molar refractivity (Wildman–Crippen MR) is 66.0 cm³/mol. The van der Waals surface area contributed by atoms with Crippen molar-refractivity contribution in [3.05, 3.63) is 34.9 Å². The van der Waals surface area contributed by atoms with E-state index in [1.807, 2.05) is 0 Å². The molecule has 90 valence electrons. The lowest BCUT2D eigenvalue weighted by molar-refractivity contribution is -0.222. The van der Waals surface area contributed by atoms with Gasteiger partial charge >= 0.3 is 5.97 Å². The minimum Gasteiger partial charge on any atom is -0.481 e. The van der Waals surface area contributed by atoms with Gasteiger partial charge in [0.1, 0.15) is 0 Å². The van der Waals surface area contributed by atoms with Crippen molar-refractivity contribution in [3.8, 4) is 0 Å². The molecular weight excluding hydrogens is 212 g/mol. The summed E-state index contributed by atoms with van der Waals surface area (Å²) in [5.41, 5.74) is 3.97. The van der Waals surface area contributed by atoms with Crippen molar-refractivity contribution in [1.82, 2.24) is 0 Å². The molecule has 2 bridgehead atoms. The Morgan fingerprint density at radius 2 is 1.71 bits per heavy atom. The fourth-order valence-electron chi connectivity index (χ4n) is 4.02. The number of carbonyl (C=O) groups is 1. The van der Waals surface area contributed by atoms with Crippen LogP contribution in [-0.2, 0) is 11.2 Å². The second-order valence-corrected chi connectivity index (χ2v) is 6.29. The number of carboxylic acid groups (broad SMARTS) is 1. The maximum absolute atomic E-state index is 11.0.